The highest BCUT2D eigenvalue weighted by atomic mass is 19.1. The molecule has 4 heteroatoms. The molecule has 0 spiro atoms. The number of carbonyl (C=O) groups excluding carboxylic acids is 1. The van der Waals surface area contributed by atoms with E-state index in [0.29, 0.717) is 6.42 Å². The van der Waals surface area contributed by atoms with Crippen LogP contribution in [0.3, 0.4) is 0 Å². The van der Waals surface area contributed by atoms with Gasteiger partial charge in [-0.05, 0) is 20.3 Å². The molecule has 12 heavy (non-hydrogen) atoms. The maximum absolute atomic E-state index is 12.9. The van der Waals surface area contributed by atoms with Gasteiger partial charge < -0.3 is 5.32 Å². The van der Waals surface area contributed by atoms with Crippen LogP contribution < -0.4 is 5.32 Å². The monoisotopic (exact) mass is 172 g/mol. The molecule has 0 radical (unpaired) electrons. The predicted molar refractivity (Wildman–Crippen MR) is 43.0 cm³/mol. The van der Waals surface area contributed by atoms with Gasteiger partial charge in [-0.25, -0.2) is 4.39 Å². The second-order valence-electron chi connectivity index (χ2n) is 3.04. The molecule has 0 aliphatic heterocycles. The van der Waals surface area contributed by atoms with Crippen molar-refractivity contribution in [1.29, 1.82) is 5.26 Å². The van der Waals surface area contributed by atoms with Gasteiger partial charge in [-0.1, -0.05) is 6.92 Å². The van der Waals surface area contributed by atoms with E-state index >= 15 is 0 Å². The van der Waals surface area contributed by atoms with Crippen molar-refractivity contribution in [2.24, 2.45) is 0 Å². The fraction of sp³-hybridized carbons (Fsp3) is 0.750. The molecule has 1 unspecified atom stereocenters. The third-order valence-electron chi connectivity index (χ3n) is 1.41. The van der Waals surface area contributed by atoms with E-state index < -0.39 is 17.6 Å². The number of rotatable bonds is 3. The molecule has 1 atom stereocenters. The summed E-state index contributed by atoms with van der Waals surface area (Å²) >= 11 is 0. The van der Waals surface area contributed by atoms with E-state index in [9.17, 15) is 9.18 Å². The van der Waals surface area contributed by atoms with E-state index in [0.717, 1.165) is 13.8 Å². The summed E-state index contributed by atoms with van der Waals surface area (Å²) in [6.07, 6.45) is 0.484. The van der Waals surface area contributed by atoms with Crippen molar-refractivity contribution in [3.63, 3.8) is 0 Å². The number of carbonyl (C=O) groups is 1. The van der Waals surface area contributed by atoms with Gasteiger partial charge in [0.15, 0.2) is 5.67 Å². The quantitative estimate of drug-likeness (QED) is 0.694. The maximum Gasteiger partial charge on any atom is 0.258 e. The minimum absolute atomic E-state index is 0.484. The Morgan fingerprint density at radius 3 is 2.50 bits per heavy atom. The van der Waals surface area contributed by atoms with Gasteiger partial charge in [-0.2, -0.15) is 5.26 Å². The average Bonchev–Trinajstić information content (AvgIpc) is 1.97. The van der Waals surface area contributed by atoms with E-state index in [1.165, 1.54) is 0 Å². The third-order valence-corrected chi connectivity index (χ3v) is 1.41. The number of hydrogen-bond acceptors (Lipinski definition) is 2. The predicted octanol–water partition coefficient (Wildman–Crippen LogP) is 1.15. The van der Waals surface area contributed by atoms with Crippen molar-refractivity contribution >= 4 is 5.91 Å². The van der Waals surface area contributed by atoms with Crippen LogP contribution in [0, 0.1) is 11.3 Å². The summed E-state index contributed by atoms with van der Waals surface area (Å²) in [6.45, 7) is 4.07. The largest absolute Gasteiger partial charge is 0.338 e. The van der Waals surface area contributed by atoms with E-state index in [2.05, 4.69) is 5.32 Å². The molecule has 0 aromatic carbocycles. The van der Waals surface area contributed by atoms with E-state index in [1.54, 1.807) is 6.92 Å². The first kappa shape index (κ1) is 10.9. The van der Waals surface area contributed by atoms with E-state index in [-0.39, 0.29) is 0 Å². The molecule has 0 heterocycles. The number of hydrogen-bond donors (Lipinski definition) is 1. The fourth-order valence-electron chi connectivity index (χ4n) is 0.555. The summed E-state index contributed by atoms with van der Waals surface area (Å²) in [5, 5.41) is 10.7. The first-order chi connectivity index (χ1) is 5.41. The first-order valence-electron chi connectivity index (χ1n) is 3.81. The fourth-order valence-corrected chi connectivity index (χ4v) is 0.555. The zero-order valence-corrected chi connectivity index (χ0v) is 7.52. The lowest BCUT2D eigenvalue weighted by Gasteiger charge is -2.16. The molecule has 3 nitrogen and oxygen atoms in total. The van der Waals surface area contributed by atoms with Gasteiger partial charge in [-0.3, -0.25) is 4.79 Å². The Kier molecular flexibility index (Phi) is 3.68. The Morgan fingerprint density at radius 2 is 2.25 bits per heavy atom. The van der Waals surface area contributed by atoms with Crippen LogP contribution >= 0.6 is 0 Å². The van der Waals surface area contributed by atoms with Crippen LogP contribution in [-0.2, 0) is 4.79 Å². The number of nitrogens with one attached hydrogen (secondary N) is 1. The van der Waals surface area contributed by atoms with Gasteiger partial charge in [0.1, 0.15) is 6.04 Å². The molecule has 0 aromatic heterocycles. The van der Waals surface area contributed by atoms with Crippen molar-refractivity contribution in [3.8, 4) is 6.07 Å². The highest BCUT2D eigenvalue weighted by molar-refractivity contribution is 5.84. The second-order valence-corrected chi connectivity index (χ2v) is 3.04. The van der Waals surface area contributed by atoms with Gasteiger partial charge >= 0.3 is 0 Å². The first-order valence-corrected chi connectivity index (χ1v) is 3.81. The van der Waals surface area contributed by atoms with Gasteiger partial charge in [-0.15, -0.1) is 0 Å². The number of nitriles is 1. The highest BCUT2D eigenvalue weighted by Gasteiger charge is 2.27. The van der Waals surface area contributed by atoms with Gasteiger partial charge in [0.25, 0.3) is 5.91 Å². The van der Waals surface area contributed by atoms with Crippen molar-refractivity contribution in [2.45, 2.75) is 38.9 Å². The number of alkyl halides is 1. The van der Waals surface area contributed by atoms with Crippen molar-refractivity contribution in [3.05, 3.63) is 0 Å². The van der Waals surface area contributed by atoms with Crippen LogP contribution in [0.1, 0.15) is 27.2 Å². The molecule has 1 amide bonds. The summed E-state index contributed by atoms with van der Waals surface area (Å²) < 4.78 is 12.9. The lowest BCUT2D eigenvalue weighted by molar-refractivity contribution is -0.131. The molecule has 1 N–H and O–H groups in total. The topological polar surface area (TPSA) is 52.9 Å². The third kappa shape index (κ3) is 3.33. The van der Waals surface area contributed by atoms with Crippen LogP contribution in [0.25, 0.3) is 0 Å². The number of nitrogens with zero attached hydrogens (tertiary/aromatic N) is 1. The van der Waals surface area contributed by atoms with Crippen molar-refractivity contribution < 1.29 is 9.18 Å². The van der Waals surface area contributed by atoms with Crippen molar-refractivity contribution in [2.75, 3.05) is 0 Å². The molecule has 0 saturated heterocycles. The molecule has 0 fully saturated rings. The summed E-state index contributed by atoms with van der Waals surface area (Å²) in [5.41, 5.74) is -1.91. The number of halogens is 1. The summed E-state index contributed by atoms with van der Waals surface area (Å²) in [6, 6.07) is 1.27. The molecule has 0 aromatic rings. The minimum atomic E-state index is -1.91. The molecule has 68 valence electrons. The Bertz CT molecular complexity index is 202. The van der Waals surface area contributed by atoms with Crippen molar-refractivity contribution in [1.82, 2.24) is 5.32 Å². The average molecular weight is 172 g/mol. The van der Waals surface area contributed by atoms with Crippen LogP contribution in [-0.4, -0.2) is 17.6 Å². The molecular formula is C8H13FN2O. The summed E-state index contributed by atoms with van der Waals surface area (Å²) in [4.78, 5) is 11.0. The Morgan fingerprint density at radius 1 is 1.75 bits per heavy atom. The molecule has 0 rings (SSSR count). The zero-order valence-electron chi connectivity index (χ0n) is 7.52. The van der Waals surface area contributed by atoms with Gasteiger partial charge in [0.05, 0.1) is 6.07 Å². The Labute approximate surface area is 71.6 Å². The lowest BCUT2D eigenvalue weighted by Crippen LogP contribution is -2.43. The Hall–Kier alpha value is -1.11. The standard InChI is InChI=1S/C8H13FN2O/c1-4-6(5-10)11-7(12)8(2,3)9/h6H,4H2,1-3H3,(H,11,12). The summed E-state index contributed by atoms with van der Waals surface area (Å²) in [7, 11) is 0. The smallest absolute Gasteiger partial charge is 0.258 e. The zero-order chi connectivity index (χ0) is 9.78. The molecule has 0 aliphatic rings. The van der Waals surface area contributed by atoms with E-state index in [4.69, 9.17) is 5.26 Å². The maximum atomic E-state index is 12.9. The second kappa shape index (κ2) is 4.05. The van der Waals surface area contributed by atoms with Crippen LogP contribution in [0.5, 0.6) is 0 Å². The number of amides is 1. The molecule has 0 aliphatic carbocycles. The normalized spacial score (nSPS) is 13.2. The van der Waals surface area contributed by atoms with E-state index in [1.807, 2.05) is 6.07 Å². The molecular weight excluding hydrogens is 159 g/mol. The highest BCUT2D eigenvalue weighted by Crippen LogP contribution is 2.08. The van der Waals surface area contributed by atoms with Crippen LogP contribution in [0.2, 0.25) is 0 Å². The van der Waals surface area contributed by atoms with Gasteiger partial charge in [0.2, 0.25) is 0 Å². The van der Waals surface area contributed by atoms with Crippen LogP contribution in [0.4, 0.5) is 4.39 Å². The SMILES string of the molecule is CCC(C#N)NC(=O)C(C)(C)F. The summed E-state index contributed by atoms with van der Waals surface area (Å²) in [5.74, 6) is -0.740. The Balaban J connectivity index is 4.11. The molecule has 0 bridgehead atoms. The minimum Gasteiger partial charge on any atom is -0.338 e. The van der Waals surface area contributed by atoms with Crippen LogP contribution in [0.15, 0.2) is 0 Å². The molecule has 0 saturated carbocycles. The van der Waals surface area contributed by atoms with Gasteiger partial charge in [0, 0.05) is 0 Å². The lowest BCUT2D eigenvalue weighted by atomic mass is 10.1.